The van der Waals surface area contributed by atoms with Gasteiger partial charge in [0, 0.05) is 44.3 Å². The van der Waals surface area contributed by atoms with Gasteiger partial charge < -0.3 is 15.1 Å². The van der Waals surface area contributed by atoms with Crippen molar-refractivity contribution in [2.75, 3.05) is 36.4 Å². The van der Waals surface area contributed by atoms with Gasteiger partial charge in [-0.05, 0) is 30.2 Å². The molecule has 1 amide bonds. The Balaban J connectivity index is 1.34. The molecule has 1 aliphatic rings. The van der Waals surface area contributed by atoms with Crippen LogP contribution in [0.25, 0.3) is 0 Å². The minimum Gasteiger partial charge on any atom is -0.339 e. The van der Waals surface area contributed by atoms with E-state index in [2.05, 4.69) is 49.2 Å². The zero-order chi connectivity index (χ0) is 20.1. The molecule has 2 aromatic heterocycles. The molecule has 0 spiro atoms. The van der Waals surface area contributed by atoms with Gasteiger partial charge in [0.05, 0.1) is 12.4 Å². The van der Waals surface area contributed by atoms with Crippen LogP contribution in [0, 0.1) is 0 Å². The second kappa shape index (κ2) is 8.64. The molecule has 3 heterocycles. The normalized spacial score (nSPS) is 14.0. The van der Waals surface area contributed by atoms with Crippen molar-refractivity contribution in [2.45, 2.75) is 13.3 Å². The monoisotopic (exact) mass is 389 g/mol. The molecule has 0 saturated carbocycles. The van der Waals surface area contributed by atoms with Gasteiger partial charge >= 0.3 is 0 Å². The number of aromatic nitrogens is 4. The van der Waals surface area contributed by atoms with Gasteiger partial charge in [-0.1, -0.05) is 19.1 Å². The highest BCUT2D eigenvalue weighted by atomic mass is 16.2. The Hall–Kier alpha value is -3.55. The third-order valence-electron chi connectivity index (χ3n) is 4.91. The number of carbonyl (C=O) groups excluding carboxylic acids is 1. The van der Waals surface area contributed by atoms with E-state index in [0.29, 0.717) is 43.6 Å². The average Bonchev–Trinajstić information content (AvgIpc) is 2.80. The predicted molar refractivity (Wildman–Crippen MR) is 111 cm³/mol. The van der Waals surface area contributed by atoms with Crippen molar-refractivity contribution in [3.05, 3.63) is 66.4 Å². The molecule has 29 heavy (non-hydrogen) atoms. The molecule has 0 bridgehead atoms. The lowest BCUT2D eigenvalue weighted by Gasteiger charge is -2.34. The number of nitrogens with zero attached hydrogens (tertiary/aromatic N) is 6. The van der Waals surface area contributed by atoms with Gasteiger partial charge in [-0.3, -0.25) is 4.79 Å². The first kappa shape index (κ1) is 18.8. The minimum absolute atomic E-state index is 0.107. The van der Waals surface area contributed by atoms with Crippen molar-refractivity contribution < 1.29 is 4.79 Å². The molecule has 0 aliphatic carbocycles. The Bertz CT molecular complexity index is 937. The van der Waals surface area contributed by atoms with Crippen LogP contribution in [0.5, 0.6) is 0 Å². The van der Waals surface area contributed by atoms with Crippen molar-refractivity contribution in [3.8, 4) is 0 Å². The summed E-state index contributed by atoms with van der Waals surface area (Å²) in [6, 6.07) is 9.97. The second-order valence-electron chi connectivity index (χ2n) is 6.79. The lowest BCUT2D eigenvalue weighted by molar-refractivity contribution is 0.0740. The van der Waals surface area contributed by atoms with Gasteiger partial charge in [-0.25, -0.2) is 19.9 Å². The Morgan fingerprint density at radius 1 is 0.966 bits per heavy atom. The van der Waals surface area contributed by atoms with E-state index >= 15 is 0 Å². The Morgan fingerprint density at radius 2 is 1.69 bits per heavy atom. The number of nitrogens with one attached hydrogen (secondary N) is 1. The molecule has 148 valence electrons. The minimum atomic E-state index is -0.107. The highest BCUT2D eigenvalue weighted by Gasteiger charge is 2.24. The fourth-order valence-corrected chi connectivity index (χ4v) is 3.20. The third kappa shape index (κ3) is 4.48. The molecule has 0 radical (unpaired) electrons. The Kier molecular flexibility index (Phi) is 5.60. The van der Waals surface area contributed by atoms with Crippen molar-refractivity contribution in [1.29, 1.82) is 0 Å². The largest absolute Gasteiger partial charge is 0.339 e. The van der Waals surface area contributed by atoms with Crippen LogP contribution >= 0.6 is 0 Å². The maximum Gasteiger partial charge on any atom is 0.274 e. The Morgan fingerprint density at radius 3 is 2.31 bits per heavy atom. The molecule has 1 aliphatic heterocycles. The molecule has 1 aromatic carbocycles. The molecule has 8 nitrogen and oxygen atoms in total. The molecule has 0 unspecified atom stereocenters. The molecular weight excluding hydrogens is 366 g/mol. The summed E-state index contributed by atoms with van der Waals surface area (Å²) in [5, 5.41) is 3.21. The quantitative estimate of drug-likeness (QED) is 0.717. The van der Waals surface area contributed by atoms with Gasteiger partial charge in [-0.15, -0.1) is 0 Å². The molecule has 0 atom stereocenters. The fraction of sp³-hybridized carbons (Fsp3) is 0.286. The summed E-state index contributed by atoms with van der Waals surface area (Å²) in [4.78, 5) is 33.8. The van der Waals surface area contributed by atoms with Crippen LogP contribution in [0.1, 0.15) is 23.0 Å². The van der Waals surface area contributed by atoms with Gasteiger partial charge in [-0.2, -0.15) is 0 Å². The lowest BCUT2D eigenvalue weighted by Crippen LogP contribution is -2.49. The number of hydrogen-bond donors (Lipinski definition) is 1. The average molecular weight is 389 g/mol. The number of anilines is 3. The van der Waals surface area contributed by atoms with Crippen LogP contribution < -0.4 is 10.2 Å². The molecule has 4 rings (SSSR count). The number of aryl methyl sites for hydroxylation is 1. The molecule has 1 N–H and O–H groups in total. The summed E-state index contributed by atoms with van der Waals surface area (Å²) in [5.41, 5.74) is 2.57. The van der Waals surface area contributed by atoms with Gasteiger partial charge in [0.1, 0.15) is 11.5 Å². The molecular formula is C21H23N7O. The van der Waals surface area contributed by atoms with Crippen molar-refractivity contribution in [3.63, 3.8) is 0 Å². The number of piperazine rings is 1. The number of hydrogen-bond acceptors (Lipinski definition) is 7. The third-order valence-corrected chi connectivity index (χ3v) is 4.91. The molecule has 1 saturated heterocycles. The van der Waals surface area contributed by atoms with Crippen molar-refractivity contribution in [1.82, 2.24) is 24.8 Å². The highest BCUT2D eigenvalue weighted by molar-refractivity contribution is 5.92. The van der Waals surface area contributed by atoms with E-state index in [1.807, 2.05) is 12.1 Å². The van der Waals surface area contributed by atoms with Crippen LogP contribution in [0.3, 0.4) is 0 Å². The van der Waals surface area contributed by atoms with E-state index in [1.165, 1.54) is 11.8 Å². The van der Waals surface area contributed by atoms with E-state index in [0.717, 1.165) is 12.1 Å². The van der Waals surface area contributed by atoms with Crippen LogP contribution in [0.15, 0.2) is 55.1 Å². The van der Waals surface area contributed by atoms with E-state index in [1.54, 1.807) is 29.6 Å². The topological polar surface area (TPSA) is 87.1 Å². The summed E-state index contributed by atoms with van der Waals surface area (Å²) >= 11 is 0. The van der Waals surface area contributed by atoms with Crippen LogP contribution in [0.4, 0.5) is 17.5 Å². The molecule has 3 aromatic rings. The standard InChI is InChI=1S/C21H23N7O/c1-2-16-4-6-17(7-5-16)26-19-15-24-18(14-25-19)20(29)27-10-12-28(13-11-27)21-22-8-3-9-23-21/h3-9,14-15H,2,10-13H2,1H3,(H,25,26). The van der Waals surface area contributed by atoms with E-state index in [4.69, 9.17) is 0 Å². The highest BCUT2D eigenvalue weighted by Crippen LogP contribution is 2.16. The summed E-state index contributed by atoms with van der Waals surface area (Å²) in [6.07, 6.45) is 7.57. The zero-order valence-electron chi connectivity index (χ0n) is 16.3. The summed E-state index contributed by atoms with van der Waals surface area (Å²) < 4.78 is 0. The summed E-state index contributed by atoms with van der Waals surface area (Å²) in [7, 11) is 0. The lowest BCUT2D eigenvalue weighted by atomic mass is 10.1. The van der Waals surface area contributed by atoms with E-state index in [9.17, 15) is 4.79 Å². The Labute approximate surface area is 169 Å². The van der Waals surface area contributed by atoms with Gasteiger partial charge in [0.25, 0.3) is 5.91 Å². The summed E-state index contributed by atoms with van der Waals surface area (Å²) in [6.45, 7) is 4.71. The fourth-order valence-electron chi connectivity index (χ4n) is 3.20. The van der Waals surface area contributed by atoms with E-state index < -0.39 is 0 Å². The van der Waals surface area contributed by atoms with Gasteiger partial charge in [0.2, 0.25) is 5.95 Å². The maximum atomic E-state index is 12.7. The second-order valence-corrected chi connectivity index (χ2v) is 6.79. The SMILES string of the molecule is CCc1ccc(Nc2cnc(C(=O)N3CCN(c4ncccn4)CC3)cn2)cc1. The number of carbonyl (C=O) groups is 1. The smallest absolute Gasteiger partial charge is 0.274 e. The first-order chi connectivity index (χ1) is 14.2. The molecule has 8 heteroatoms. The predicted octanol–water partition coefficient (Wildman–Crippen LogP) is 2.54. The zero-order valence-corrected chi connectivity index (χ0v) is 16.3. The van der Waals surface area contributed by atoms with Crippen LogP contribution in [-0.4, -0.2) is 56.9 Å². The summed E-state index contributed by atoms with van der Waals surface area (Å²) in [5.74, 6) is 1.20. The molecule has 1 fully saturated rings. The number of benzene rings is 1. The van der Waals surface area contributed by atoms with Crippen molar-refractivity contribution >= 4 is 23.4 Å². The van der Waals surface area contributed by atoms with E-state index in [-0.39, 0.29) is 5.91 Å². The van der Waals surface area contributed by atoms with Crippen molar-refractivity contribution in [2.24, 2.45) is 0 Å². The first-order valence-corrected chi connectivity index (χ1v) is 9.72. The number of rotatable bonds is 5. The maximum absolute atomic E-state index is 12.7. The number of amides is 1. The van der Waals surface area contributed by atoms with Crippen LogP contribution in [0.2, 0.25) is 0 Å². The first-order valence-electron chi connectivity index (χ1n) is 9.72. The van der Waals surface area contributed by atoms with Crippen LogP contribution in [-0.2, 0) is 6.42 Å². The van der Waals surface area contributed by atoms with Gasteiger partial charge in [0.15, 0.2) is 0 Å².